The Morgan fingerprint density at radius 1 is 1.47 bits per heavy atom. The highest BCUT2D eigenvalue weighted by Crippen LogP contribution is 2.03. The van der Waals surface area contributed by atoms with Crippen LogP contribution in [-0.4, -0.2) is 41.2 Å². The minimum Gasteiger partial charge on any atom is -0.453 e. The minimum absolute atomic E-state index is 0.253. The summed E-state index contributed by atoms with van der Waals surface area (Å²) in [6, 6.07) is 0. The van der Waals surface area contributed by atoms with Gasteiger partial charge in [-0.3, -0.25) is 0 Å². The Morgan fingerprint density at radius 2 is 2.29 bits per heavy atom. The van der Waals surface area contributed by atoms with Crippen molar-refractivity contribution in [1.82, 2.24) is 14.9 Å². The molecule has 0 bridgehead atoms. The van der Waals surface area contributed by atoms with Crippen molar-refractivity contribution >= 4 is 6.09 Å². The topological polar surface area (TPSA) is 58.2 Å². The number of rotatable bonds is 7. The number of hydrogen-bond donors (Lipinski definition) is 1. The molecule has 17 heavy (non-hydrogen) atoms. The molecular formula is C12H21N3O2. The predicted molar refractivity (Wildman–Crippen MR) is 65.8 cm³/mol. The zero-order valence-corrected chi connectivity index (χ0v) is 10.6. The molecule has 1 N–H and O–H groups in total. The number of H-pyrrole nitrogens is 1. The van der Waals surface area contributed by atoms with Gasteiger partial charge in [-0.05, 0) is 6.42 Å². The Hall–Kier alpha value is -1.52. The van der Waals surface area contributed by atoms with Gasteiger partial charge in [0.05, 0.1) is 19.1 Å². The molecule has 1 aromatic rings. The van der Waals surface area contributed by atoms with E-state index >= 15 is 0 Å². The summed E-state index contributed by atoms with van der Waals surface area (Å²) in [5.41, 5.74) is 0.967. The van der Waals surface area contributed by atoms with Crippen molar-refractivity contribution in [2.24, 2.45) is 0 Å². The smallest absolute Gasteiger partial charge is 0.409 e. The predicted octanol–water partition coefficient (Wildman–Crippen LogP) is 2.21. The van der Waals surface area contributed by atoms with Crippen LogP contribution in [0.25, 0.3) is 0 Å². The van der Waals surface area contributed by atoms with Gasteiger partial charge in [0, 0.05) is 25.7 Å². The lowest BCUT2D eigenvalue weighted by atomic mass is 10.2. The molecular weight excluding hydrogens is 218 g/mol. The van der Waals surface area contributed by atoms with Crippen molar-refractivity contribution in [2.75, 3.05) is 20.2 Å². The largest absolute Gasteiger partial charge is 0.453 e. The van der Waals surface area contributed by atoms with Gasteiger partial charge in [-0.1, -0.05) is 19.8 Å². The fraction of sp³-hybridized carbons (Fsp3) is 0.667. The molecule has 0 fully saturated rings. The summed E-state index contributed by atoms with van der Waals surface area (Å²) in [7, 11) is 1.42. The number of unbranched alkanes of at least 4 members (excludes halogenated alkanes) is 2. The Kier molecular flexibility index (Phi) is 6.14. The first kappa shape index (κ1) is 13.5. The van der Waals surface area contributed by atoms with Crippen LogP contribution < -0.4 is 0 Å². The third kappa shape index (κ3) is 4.89. The number of imidazole rings is 1. The van der Waals surface area contributed by atoms with Crippen LogP contribution in [-0.2, 0) is 11.2 Å². The van der Waals surface area contributed by atoms with Crippen molar-refractivity contribution in [3.05, 3.63) is 18.2 Å². The van der Waals surface area contributed by atoms with Crippen molar-refractivity contribution in [2.45, 2.75) is 32.6 Å². The van der Waals surface area contributed by atoms with E-state index in [1.807, 2.05) is 6.20 Å². The van der Waals surface area contributed by atoms with E-state index in [2.05, 4.69) is 16.9 Å². The summed E-state index contributed by atoms with van der Waals surface area (Å²) in [6.07, 6.45) is 7.30. The van der Waals surface area contributed by atoms with Crippen LogP contribution in [0.4, 0.5) is 4.79 Å². The summed E-state index contributed by atoms with van der Waals surface area (Å²) in [5, 5.41) is 0. The summed E-state index contributed by atoms with van der Waals surface area (Å²) in [5.74, 6) is 0. The highest BCUT2D eigenvalue weighted by molar-refractivity contribution is 5.67. The third-order valence-corrected chi connectivity index (χ3v) is 2.66. The molecule has 0 aliphatic carbocycles. The first-order valence-corrected chi connectivity index (χ1v) is 6.08. The Morgan fingerprint density at radius 3 is 2.88 bits per heavy atom. The fourth-order valence-electron chi connectivity index (χ4n) is 1.65. The Labute approximate surface area is 102 Å². The van der Waals surface area contributed by atoms with Crippen LogP contribution in [0.15, 0.2) is 12.5 Å². The number of nitrogens with zero attached hydrogens (tertiary/aromatic N) is 2. The second kappa shape index (κ2) is 7.70. The molecule has 1 rings (SSSR count). The van der Waals surface area contributed by atoms with Crippen LogP contribution in [0.5, 0.6) is 0 Å². The van der Waals surface area contributed by atoms with E-state index in [1.165, 1.54) is 7.11 Å². The number of amides is 1. The molecule has 0 saturated carbocycles. The SMILES string of the molecule is CCCCCN(CCc1c[nH]cn1)C(=O)OC. The molecule has 96 valence electrons. The van der Waals surface area contributed by atoms with Gasteiger partial charge in [0.2, 0.25) is 0 Å². The van der Waals surface area contributed by atoms with E-state index in [1.54, 1.807) is 11.2 Å². The van der Waals surface area contributed by atoms with Crippen LogP contribution in [0, 0.1) is 0 Å². The van der Waals surface area contributed by atoms with Crippen molar-refractivity contribution in [3.8, 4) is 0 Å². The number of nitrogens with one attached hydrogen (secondary N) is 1. The van der Waals surface area contributed by atoms with E-state index in [9.17, 15) is 4.79 Å². The molecule has 5 nitrogen and oxygen atoms in total. The minimum atomic E-state index is -0.253. The average molecular weight is 239 g/mol. The average Bonchev–Trinajstić information content (AvgIpc) is 2.85. The number of aromatic amines is 1. The maximum atomic E-state index is 11.5. The van der Waals surface area contributed by atoms with Crippen LogP contribution in [0.3, 0.4) is 0 Å². The number of aromatic nitrogens is 2. The molecule has 0 saturated heterocycles. The second-order valence-corrected chi connectivity index (χ2v) is 3.97. The number of carbonyl (C=O) groups is 1. The van der Waals surface area contributed by atoms with Gasteiger partial charge in [-0.25, -0.2) is 9.78 Å². The van der Waals surface area contributed by atoms with E-state index in [-0.39, 0.29) is 6.09 Å². The number of methoxy groups -OCH3 is 1. The third-order valence-electron chi connectivity index (χ3n) is 2.66. The van der Waals surface area contributed by atoms with Crippen molar-refractivity contribution in [1.29, 1.82) is 0 Å². The molecule has 5 heteroatoms. The van der Waals surface area contributed by atoms with E-state index in [0.717, 1.165) is 37.9 Å². The number of hydrogen-bond acceptors (Lipinski definition) is 3. The molecule has 0 unspecified atom stereocenters. The summed E-state index contributed by atoms with van der Waals surface area (Å²) in [6.45, 7) is 3.55. The zero-order chi connectivity index (χ0) is 12.5. The number of ether oxygens (including phenoxy) is 1. The van der Waals surface area contributed by atoms with Crippen molar-refractivity contribution < 1.29 is 9.53 Å². The number of carbonyl (C=O) groups excluding carboxylic acids is 1. The van der Waals surface area contributed by atoms with Gasteiger partial charge in [0.1, 0.15) is 0 Å². The molecule has 0 aliphatic rings. The Balaban J connectivity index is 2.37. The van der Waals surface area contributed by atoms with Gasteiger partial charge < -0.3 is 14.6 Å². The normalized spacial score (nSPS) is 10.2. The highest BCUT2D eigenvalue weighted by atomic mass is 16.5. The second-order valence-electron chi connectivity index (χ2n) is 3.97. The molecule has 0 radical (unpaired) electrons. The lowest BCUT2D eigenvalue weighted by Crippen LogP contribution is -2.33. The maximum Gasteiger partial charge on any atom is 0.409 e. The van der Waals surface area contributed by atoms with Gasteiger partial charge in [-0.2, -0.15) is 0 Å². The van der Waals surface area contributed by atoms with Crippen LogP contribution in [0.1, 0.15) is 31.9 Å². The molecule has 0 atom stereocenters. The van der Waals surface area contributed by atoms with E-state index in [0.29, 0.717) is 6.54 Å². The maximum absolute atomic E-state index is 11.5. The quantitative estimate of drug-likeness (QED) is 0.742. The molecule has 1 amide bonds. The lowest BCUT2D eigenvalue weighted by molar-refractivity contribution is 0.123. The van der Waals surface area contributed by atoms with Crippen molar-refractivity contribution in [3.63, 3.8) is 0 Å². The fourth-order valence-corrected chi connectivity index (χ4v) is 1.65. The molecule has 0 aliphatic heterocycles. The monoisotopic (exact) mass is 239 g/mol. The lowest BCUT2D eigenvalue weighted by Gasteiger charge is -2.20. The first-order valence-electron chi connectivity index (χ1n) is 6.08. The highest BCUT2D eigenvalue weighted by Gasteiger charge is 2.13. The van der Waals surface area contributed by atoms with E-state index in [4.69, 9.17) is 4.74 Å². The van der Waals surface area contributed by atoms with Gasteiger partial charge >= 0.3 is 6.09 Å². The van der Waals surface area contributed by atoms with Gasteiger partial charge in [-0.15, -0.1) is 0 Å². The van der Waals surface area contributed by atoms with Crippen LogP contribution >= 0.6 is 0 Å². The van der Waals surface area contributed by atoms with Gasteiger partial charge in [0.15, 0.2) is 0 Å². The zero-order valence-electron chi connectivity index (χ0n) is 10.6. The standard InChI is InChI=1S/C12H21N3O2/c1-3-4-5-7-15(12(16)17-2)8-6-11-9-13-10-14-11/h9-10H,3-8H2,1-2H3,(H,13,14). The molecule has 1 aromatic heterocycles. The summed E-state index contributed by atoms with van der Waals surface area (Å²) >= 11 is 0. The Bertz CT molecular complexity index is 312. The first-order chi connectivity index (χ1) is 8.27. The van der Waals surface area contributed by atoms with E-state index < -0.39 is 0 Å². The summed E-state index contributed by atoms with van der Waals surface area (Å²) in [4.78, 5) is 20.3. The molecule has 0 aromatic carbocycles. The molecule has 0 spiro atoms. The van der Waals surface area contributed by atoms with Crippen LogP contribution in [0.2, 0.25) is 0 Å². The summed E-state index contributed by atoms with van der Waals surface area (Å²) < 4.78 is 4.77. The van der Waals surface area contributed by atoms with Gasteiger partial charge in [0.25, 0.3) is 0 Å². The molecule has 1 heterocycles.